The Bertz CT molecular complexity index is 637. The summed E-state index contributed by atoms with van der Waals surface area (Å²) in [7, 11) is -3.84. The van der Waals surface area contributed by atoms with Crippen molar-refractivity contribution in [3.05, 3.63) is 34.6 Å². The lowest BCUT2D eigenvalue weighted by molar-refractivity contribution is -0.121. The van der Waals surface area contributed by atoms with Crippen LogP contribution in [0.3, 0.4) is 0 Å². The highest BCUT2D eigenvalue weighted by molar-refractivity contribution is 7.92. The molecule has 0 unspecified atom stereocenters. The van der Waals surface area contributed by atoms with Crippen molar-refractivity contribution in [2.45, 2.75) is 49.7 Å². The molecule has 2 rings (SSSR count). The Morgan fingerprint density at radius 1 is 1.41 bits per heavy atom. The minimum absolute atomic E-state index is 0.0437. The molecule has 1 aromatic rings. The topological polar surface area (TPSA) is 63.2 Å². The second-order valence-corrected chi connectivity index (χ2v) is 8.37. The first kappa shape index (κ1) is 17.2. The average molecular weight is 348 g/mol. The van der Waals surface area contributed by atoms with Gasteiger partial charge in [0.1, 0.15) is 11.1 Å². The Labute approximate surface area is 135 Å². The molecule has 4 nitrogen and oxygen atoms in total. The number of benzene rings is 1. The molecule has 1 N–H and O–H groups in total. The van der Waals surface area contributed by atoms with Gasteiger partial charge in [0.05, 0.1) is 5.75 Å². The molecule has 22 heavy (non-hydrogen) atoms. The van der Waals surface area contributed by atoms with Crippen LogP contribution < -0.4 is 5.32 Å². The van der Waals surface area contributed by atoms with Crippen LogP contribution in [0.15, 0.2) is 18.2 Å². The molecule has 1 aliphatic carbocycles. The quantitative estimate of drug-likeness (QED) is 0.890. The van der Waals surface area contributed by atoms with Gasteiger partial charge in [-0.1, -0.05) is 30.5 Å². The van der Waals surface area contributed by atoms with Crippen molar-refractivity contribution in [3.8, 4) is 0 Å². The zero-order valence-corrected chi connectivity index (χ0v) is 13.9. The van der Waals surface area contributed by atoms with Gasteiger partial charge in [-0.2, -0.15) is 0 Å². The van der Waals surface area contributed by atoms with E-state index < -0.39 is 32.6 Å². The van der Waals surface area contributed by atoms with Crippen LogP contribution >= 0.6 is 11.6 Å². The maximum atomic E-state index is 13.7. The second-order valence-electron chi connectivity index (χ2n) is 5.64. The van der Waals surface area contributed by atoms with E-state index in [1.807, 2.05) is 0 Å². The highest BCUT2D eigenvalue weighted by atomic mass is 35.5. The lowest BCUT2D eigenvalue weighted by Crippen LogP contribution is -2.42. The molecule has 0 heterocycles. The Balaban J connectivity index is 2.10. The van der Waals surface area contributed by atoms with Gasteiger partial charge in [0.25, 0.3) is 0 Å². The Kier molecular flexibility index (Phi) is 5.45. The Morgan fingerprint density at radius 2 is 2.05 bits per heavy atom. The number of halogens is 2. The van der Waals surface area contributed by atoms with Crippen molar-refractivity contribution in [1.82, 2.24) is 5.32 Å². The van der Waals surface area contributed by atoms with Crippen LogP contribution in [0, 0.1) is 5.82 Å². The number of rotatable bonds is 5. The number of nitrogens with one attached hydrogen (secondary N) is 1. The van der Waals surface area contributed by atoms with E-state index in [2.05, 4.69) is 5.32 Å². The molecular formula is C15H19ClFNO3S. The third-order valence-electron chi connectivity index (χ3n) is 4.02. The third kappa shape index (κ3) is 3.98. The van der Waals surface area contributed by atoms with E-state index in [4.69, 9.17) is 11.6 Å². The number of amides is 1. The van der Waals surface area contributed by atoms with Crippen molar-refractivity contribution in [1.29, 1.82) is 0 Å². The maximum Gasteiger partial charge on any atom is 0.238 e. The summed E-state index contributed by atoms with van der Waals surface area (Å²) in [6, 6.07) is 4.03. The predicted octanol–water partition coefficient (Wildman–Crippen LogP) is 2.84. The summed E-state index contributed by atoms with van der Waals surface area (Å²) < 4.78 is 38.4. The van der Waals surface area contributed by atoms with E-state index in [0.29, 0.717) is 0 Å². The summed E-state index contributed by atoms with van der Waals surface area (Å²) in [4.78, 5) is 12.1. The van der Waals surface area contributed by atoms with Gasteiger partial charge in [-0.15, -0.1) is 0 Å². The van der Waals surface area contributed by atoms with Crippen molar-refractivity contribution in [2.24, 2.45) is 0 Å². The summed E-state index contributed by atoms with van der Waals surface area (Å²) in [6.07, 6.45) is 3.82. The normalized spacial score (nSPS) is 17.4. The molecule has 0 saturated heterocycles. The molecule has 1 atom stereocenters. The van der Waals surface area contributed by atoms with Crippen LogP contribution in [0.5, 0.6) is 0 Å². The molecule has 122 valence electrons. The van der Waals surface area contributed by atoms with E-state index >= 15 is 0 Å². The molecule has 1 aromatic carbocycles. The molecule has 0 bridgehead atoms. The molecular weight excluding hydrogens is 329 g/mol. The van der Waals surface area contributed by atoms with Crippen LogP contribution in [0.2, 0.25) is 5.02 Å². The Hall–Kier alpha value is -1.14. The van der Waals surface area contributed by atoms with Gasteiger partial charge in [-0.3, -0.25) is 4.79 Å². The van der Waals surface area contributed by atoms with Crippen molar-refractivity contribution >= 4 is 27.3 Å². The fourth-order valence-corrected chi connectivity index (χ4v) is 4.20. The lowest BCUT2D eigenvalue weighted by Gasteiger charge is -2.17. The first-order valence-electron chi connectivity index (χ1n) is 7.26. The van der Waals surface area contributed by atoms with E-state index in [9.17, 15) is 17.6 Å². The molecule has 1 fully saturated rings. The zero-order chi connectivity index (χ0) is 16.3. The monoisotopic (exact) mass is 347 g/mol. The largest absolute Gasteiger partial charge is 0.352 e. The van der Waals surface area contributed by atoms with E-state index in [1.54, 1.807) is 0 Å². The summed E-state index contributed by atoms with van der Waals surface area (Å²) in [5.74, 6) is -1.79. The molecule has 7 heteroatoms. The number of carbonyl (C=O) groups excluding carboxylic acids is 1. The molecule has 0 aromatic heterocycles. The minimum Gasteiger partial charge on any atom is -0.352 e. The summed E-state index contributed by atoms with van der Waals surface area (Å²) in [5, 5.41) is 1.57. The van der Waals surface area contributed by atoms with E-state index in [0.717, 1.165) is 31.7 Å². The number of hydrogen-bond acceptors (Lipinski definition) is 3. The van der Waals surface area contributed by atoms with Crippen molar-refractivity contribution < 1.29 is 17.6 Å². The van der Waals surface area contributed by atoms with Gasteiger partial charge in [-0.05, 0) is 31.9 Å². The van der Waals surface area contributed by atoms with Crippen LogP contribution in [-0.2, 0) is 20.4 Å². The maximum absolute atomic E-state index is 13.7. The first-order valence-corrected chi connectivity index (χ1v) is 9.35. The number of sulfone groups is 1. The van der Waals surface area contributed by atoms with Gasteiger partial charge in [0.2, 0.25) is 5.91 Å². The average Bonchev–Trinajstić information content (AvgIpc) is 2.95. The van der Waals surface area contributed by atoms with Gasteiger partial charge < -0.3 is 5.32 Å². The summed E-state index contributed by atoms with van der Waals surface area (Å²) >= 11 is 5.85. The van der Waals surface area contributed by atoms with Gasteiger partial charge in [0, 0.05) is 16.6 Å². The van der Waals surface area contributed by atoms with Gasteiger partial charge >= 0.3 is 0 Å². The fourth-order valence-electron chi connectivity index (χ4n) is 2.55. The van der Waals surface area contributed by atoms with E-state index in [1.165, 1.54) is 19.1 Å². The highest BCUT2D eigenvalue weighted by Gasteiger charge is 2.31. The molecule has 1 aliphatic rings. The SMILES string of the molecule is C[C@@H](C(=O)NC1CCCC1)S(=O)(=O)Cc1c(F)cccc1Cl. The standard InChI is InChI=1S/C15H19ClFNO3S/c1-10(15(19)18-11-5-2-3-6-11)22(20,21)9-12-13(16)7-4-8-14(12)17/h4,7-8,10-11H,2-3,5-6,9H2,1H3,(H,18,19)/t10-/m0/s1. The second kappa shape index (κ2) is 6.96. The summed E-state index contributed by atoms with van der Waals surface area (Å²) in [6.45, 7) is 1.33. The first-order chi connectivity index (χ1) is 10.3. The fraction of sp³-hybridized carbons (Fsp3) is 0.533. The van der Waals surface area contributed by atoms with Crippen LogP contribution in [0.25, 0.3) is 0 Å². The predicted molar refractivity (Wildman–Crippen MR) is 83.9 cm³/mol. The van der Waals surface area contributed by atoms with E-state index in [-0.39, 0.29) is 16.6 Å². The number of carbonyl (C=O) groups is 1. The molecule has 1 amide bonds. The summed E-state index contributed by atoms with van der Waals surface area (Å²) in [5.41, 5.74) is -0.0929. The van der Waals surface area contributed by atoms with Crippen LogP contribution in [0.1, 0.15) is 38.2 Å². The molecule has 0 aliphatic heterocycles. The smallest absolute Gasteiger partial charge is 0.238 e. The van der Waals surface area contributed by atoms with Gasteiger partial charge in [0.15, 0.2) is 9.84 Å². The van der Waals surface area contributed by atoms with Crippen molar-refractivity contribution in [3.63, 3.8) is 0 Å². The number of hydrogen-bond donors (Lipinski definition) is 1. The lowest BCUT2D eigenvalue weighted by atomic mass is 10.2. The van der Waals surface area contributed by atoms with Crippen molar-refractivity contribution in [2.75, 3.05) is 0 Å². The molecule has 0 radical (unpaired) electrons. The van der Waals surface area contributed by atoms with Crippen LogP contribution in [-0.4, -0.2) is 25.6 Å². The Morgan fingerprint density at radius 3 is 2.64 bits per heavy atom. The highest BCUT2D eigenvalue weighted by Crippen LogP contribution is 2.23. The third-order valence-corrected chi connectivity index (χ3v) is 6.35. The van der Waals surface area contributed by atoms with Gasteiger partial charge in [-0.25, -0.2) is 12.8 Å². The minimum atomic E-state index is -3.84. The molecule has 1 saturated carbocycles. The van der Waals surface area contributed by atoms with Crippen LogP contribution in [0.4, 0.5) is 4.39 Å². The zero-order valence-electron chi connectivity index (χ0n) is 12.3. The molecule has 0 spiro atoms.